The van der Waals surface area contributed by atoms with Crippen molar-refractivity contribution in [1.82, 2.24) is 15.3 Å². The van der Waals surface area contributed by atoms with Gasteiger partial charge in [-0.25, -0.2) is 9.78 Å². The number of hydrogen-bond donors (Lipinski definition) is 3. The zero-order valence-corrected chi connectivity index (χ0v) is 13.9. The standard InChI is InChI=1S/C19H17N5O2/c25-18(17-11-20-15-3-1-2-4-16(15)24-17)21-12-5-7-13(8-6-12)22-19(26)23-14-9-10-14/h1-8,11,14H,9-10H2,(H,21,25)(H2,22,23,26). The van der Waals surface area contributed by atoms with Crippen molar-refractivity contribution in [2.75, 3.05) is 10.6 Å². The molecule has 1 aliphatic carbocycles. The Labute approximate surface area is 149 Å². The molecule has 3 aromatic rings. The number of nitrogens with one attached hydrogen (secondary N) is 3. The van der Waals surface area contributed by atoms with Gasteiger partial charge in [-0.05, 0) is 49.2 Å². The van der Waals surface area contributed by atoms with E-state index in [2.05, 4.69) is 25.9 Å². The molecular formula is C19H17N5O2. The highest BCUT2D eigenvalue weighted by molar-refractivity contribution is 6.03. The summed E-state index contributed by atoms with van der Waals surface area (Å²) in [6.45, 7) is 0. The molecule has 1 fully saturated rings. The summed E-state index contributed by atoms with van der Waals surface area (Å²) in [5.74, 6) is -0.338. The smallest absolute Gasteiger partial charge is 0.319 e. The van der Waals surface area contributed by atoms with Gasteiger partial charge in [-0.3, -0.25) is 9.78 Å². The number of hydrogen-bond acceptors (Lipinski definition) is 4. The largest absolute Gasteiger partial charge is 0.335 e. The molecule has 3 N–H and O–H groups in total. The number of carbonyl (C=O) groups is 2. The van der Waals surface area contributed by atoms with E-state index in [1.165, 1.54) is 6.20 Å². The van der Waals surface area contributed by atoms with E-state index < -0.39 is 0 Å². The Hall–Kier alpha value is -3.48. The van der Waals surface area contributed by atoms with Crippen molar-refractivity contribution in [3.8, 4) is 0 Å². The van der Waals surface area contributed by atoms with Crippen molar-refractivity contribution in [1.29, 1.82) is 0 Å². The van der Waals surface area contributed by atoms with Gasteiger partial charge < -0.3 is 16.0 Å². The van der Waals surface area contributed by atoms with Crippen LogP contribution < -0.4 is 16.0 Å². The second kappa shape index (κ2) is 6.79. The molecule has 1 saturated carbocycles. The molecule has 0 spiro atoms. The van der Waals surface area contributed by atoms with Gasteiger partial charge in [0.15, 0.2) is 0 Å². The lowest BCUT2D eigenvalue weighted by Gasteiger charge is -2.08. The number of amides is 3. The monoisotopic (exact) mass is 347 g/mol. The van der Waals surface area contributed by atoms with Gasteiger partial charge >= 0.3 is 6.03 Å². The van der Waals surface area contributed by atoms with Gasteiger partial charge in [0.25, 0.3) is 5.91 Å². The molecule has 3 amide bonds. The van der Waals surface area contributed by atoms with Crippen LogP contribution in [0.5, 0.6) is 0 Å². The molecule has 130 valence electrons. The number of benzene rings is 2. The molecule has 1 heterocycles. The summed E-state index contributed by atoms with van der Waals surface area (Å²) in [5, 5.41) is 8.39. The van der Waals surface area contributed by atoms with Gasteiger partial charge in [0.2, 0.25) is 0 Å². The highest BCUT2D eigenvalue weighted by Crippen LogP contribution is 2.19. The first-order valence-corrected chi connectivity index (χ1v) is 8.38. The maximum absolute atomic E-state index is 12.4. The van der Waals surface area contributed by atoms with E-state index in [1.807, 2.05) is 24.3 Å². The summed E-state index contributed by atoms with van der Waals surface area (Å²) < 4.78 is 0. The molecule has 7 heteroatoms. The predicted molar refractivity (Wildman–Crippen MR) is 99.1 cm³/mol. The molecule has 7 nitrogen and oxygen atoms in total. The Kier molecular flexibility index (Phi) is 4.18. The van der Waals surface area contributed by atoms with Crippen LogP contribution in [-0.4, -0.2) is 27.9 Å². The molecule has 0 aliphatic heterocycles. The number of nitrogens with zero attached hydrogens (tertiary/aromatic N) is 2. The summed E-state index contributed by atoms with van der Waals surface area (Å²) in [4.78, 5) is 32.6. The fourth-order valence-electron chi connectivity index (χ4n) is 2.48. The van der Waals surface area contributed by atoms with Crippen LogP contribution in [0.3, 0.4) is 0 Å². The topological polar surface area (TPSA) is 96.0 Å². The highest BCUT2D eigenvalue weighted by atomic mass is 16.2. The van der Waals surface area contributed by atoms with Crippen LogP contribution in [0.2, 0.25) is 0 Å². The molecule has 0 saturated heterocycles. The first-order valence-electron chi connectivity index (χ1n) is 8.38. The van der Waals surface area contributed by atoms with E-state index in [0.29, 0.717) is 22.9 Å². The highest BCUT2D eigenvalue weighted by Gasteiger charge is 2.23. The van der Waals surface area contributed by atoms with Crippen molar-refractivity contribution in [2.45, 2.75) is 18.9 Å². The number of carbonyl (C=O) groups excluding carboxylic acids is 2. The number of rotatable bonds is 4. The molecule has 26 heavy (non-hydrogen) atoms. The average Bonchev–Trinajstić information content (AvgIpc) is 3.46. The first-order chi connectivity index (χ1) is 12.7. The van der Waals surface area contributed by atoms with Crippen molar-refractivity contribution in [3.63, 3.8) is 0 Å². The molecule has 4 rings (SSSR count). The van der Waals surface area contributed by atoms with Gasteiger partial charge in [-0.15, -0.1) is 0 Å². The molecule has 0 unspecified atom stereocenters. The maximum Gasteiger partial charge on any atom is 0.319 e. The summed E-state index contributed by atoms with van der Waals surface area (Å²) >= 11 is 0. The van der Waals surface area contributed by atoms with E-state index in [1.54, 1.807) is 24.3 Å². The Morgan fingerprint density at radius 2 is 1.54 bits per heavy atom. The Morgan fingerprint density at radius 3 is 2.23 bits per heavy atom. The van der Waals surface area contributed by atoms with Crippen LogP contribution in [0.15, 0.2) is 54.7 Å². The van der Waals surface area contributed by atoms with Crippen molar-refractivity contribution >= 4 is 34.3 Å². The van der Waals surface area contributed by atoms with E-state index in [0.717, 1.165) is 18.4 Å². The lowest BCUT2D eigenvalue weighted by atomic mass is 10.2. The van der Waals surface area contributed by atoms with E-state index in [4.69, 9.17) is 0 Å². The van der Waals surface area contributed by atoms with Gasteiger partial charge in [0, 0.05) is 17.4 Å². The van der Waals surface area contributed by atoms with Crippen LogP contribution in [0.25, 0.3) is 11.0 Å². The molecule has 0 atom stereocenters. The third-order valence-corrected chi connectivity index (χ3v) is 3.99. The van der Waals surface area contributed by atoms with Crippen LogP contribution in [-0.2, 0) is 0 Å². The first kappa shape index (κ1) is 16.0. The van der Waals surface area contributed by atoms with Gasteiger partial charge in [0.1, 0.15) is 5.69 Å². The lowest BCUT2D eigenvalue weighted by molar-refractivity contribution is 0.102. The van der Waals surface area contributed by atoms with E-state index in [-0.39, 0.29) is 17.6 Å². The Balaban J connectivity index is 1.40. The second-order valence-electron chi connectivity index (χ2n) is 6.15. The van der Waals surface area contributed by atoms with Crippen LogP contribution in [0.1, 0.15) is 23.3 Å². The summed E-state index contributed by atoms with van der Waals surface area (Å²) in [5.41, 5.74) is 2.92. The molecule has 2 aromatic carbocycles. The second-order valence-corrected chi connectivity index (χ2v) is 6.15. The summed E-state index contributed by atoms with van der Waals surface area (Å²) in [6, 6.07) is 14.4. The summed E-state index contributed by atoms with van der Waals surface area (Å²) in [7, 11) is 0. The summed E-state index contributed by atoms with van der Waals surface area (Å²) in [6.07, 6.45) is 3.53. The van der Waals surface area contributed by atoms with Crippen LogP contribution >= 0.6 is 0 Å². The van der Waals surface area contributed by atoms with Crippen LogP contribution in [0, 0.1) is 0 Å². The normalized spacial score (nSPS) is 13.2. The Bertz CT molecular complexity index is 967. The molecule has 0 radical (unpaired) electrons. The minimum Gasteiger partial charge on any atom is -0.335 e. The van der Waals surface area contributed by atoms with Gasteiger partial charge in [0.05, 0.1) is 17.2 Å². The van der Waals surface area contributed by atoms with E-state index >= 15 is 0 Å². The molecule has 1 aliphatic rings. The zero-order chi connectivity index (χ0) is 17.9. The third kappa shape index (κ3) is 3.77. The Morgan fingerprint density at radius 1 is 0.885 bits per heavy atom. The molecular weight excluding hydrogens is 330 g/mol. The van der Waals surface area contributed by atoms with Crippen molar-refractivity contribution in [2.24, 2.45) is 0 Å². The minimum atomic E-state index is -0.338. The maximum atomic E-state index is 12.4. The lowest BCUT2D eigenvalue weighted by Crippen LogP contribution is -2.30. The fraction of sp³-hybridized carbons (Fsp3) is 0.158. The quantitative estimate of drug-likeness (QED) is 0.675. The number of para-hydroxylation sites is 2. The van der Waals surface area contributed by atoms with E-state index in [9.17, 15) is 9.59 Å². The predicted octanol–water partition coefficient (Wildman–Crippen LogP) is 3.17. The van der Waals surface area contributed by atoms with Crippen LogP contribution in [0.4, 0.5) is 16.2 Å². The number of aromatic nitrogens is 2. The average molecular weight is 347 g/mol. The van der Waals surface area contributed by atoms with Gasteiger partial charge in [-0.1, -0.05) is 12.1 Å². The number of urea groups is 1. The van der Waals surface area contributed by atoms with Gasteiger partial charge in [-0.2, -0.15) is 0 Å². The SMILES string of the molecule is O=C(Nc1ccc(NC(=O)c2cnc3ccccc3n2)cc1)NC1CC1. The molecule has 0 bridgehead atoms. The number of fused-ring (bicyclic) bond motifs is 1. The number of anilines is 2. The fourth-order valence-corrected chi connectivity index (χ4v) is 2.48. The third-order valence-electron chi connectivity index (χ3n) is 3.99. The van der Waals surface area contributed by atoms with Crippen molar-refractivity contribution < 1.29 is 9.59 Å². The molecule has 1 aromatic heterocycles. The zero-order valence-electron chi connectivity index (χ0n) is 13.9. The minimum absolute atomic E-state index is 0.212. The van der Waals surface area contributed by atoms with Crippen molar-refractivity contribution in [3.05, 3.63) is 60.4 Å².